The molecule has 2 aliphatic carbocycles. The van der Waals surface area contributed by atoms with Crippen LogP contribution in [0.4, 0.5) is 45.5 Å². The second-order valence-corrected chi connectivity index (χ2v) is 26.9. The van der Waals surface area contributed by atoms with Gasteiger partial charge in [-0.2, -0.15) is 0 Å². The number of fused-ring (bicyclic) bond motifs is 17. The van der Waals surface area contributed by atoms with Gasteiger partial charge in [-0.05, 0) is 166 Å². The summed E-state index contributed by atoms with van der Waals surface area (Å²) in [7, 11) is 0. The maximum atomic E-state index is 2.73. The van der Waals surface area contributed by atoms with E-state index in [0.29, 0.717) is 0 Å². The molecule has 3 heterocycles. The lowest BCUT2D eigenvalue weighted by Crippen LogP contribution is -2.63. The summed E-state index contributed by atoms with van der Waals surface area (Å²) in [5.41, 5.74) is 31.3. The van der Waals surface area contributed by atoms with Crippen molar-refractivity contribution in [2.45, 2.75) is 103 Å². The zero-order valence-electron chi connectivity index (χ0n) is 48.1. The standard InChI is InChI=1S/C76H68BN3/c1-72(2,3)47-31-37-50(38-32-47)78(51-39-33-48(34-40-51)73(4,5)6)53-43-44-57-66(45-53)80(52-41-35-49(36-42-52)74(7,8)9)77-64-29-20-28-62-71(64)79(67-46-63-68(69(57)70(67)77)56-23-14-15-24-58(56)75(63,10)11)65-30-19-18-27-61(65)76(62)59-25-16-12-21-54(59)55-22-13-17-26-60(55)76/h12-46H,1-11H3. The van der Waals surface area contributed by atoms with Crippen molar-refractivity contribution >= 4 is 63.3 Å². The molecule has 3 aliphatic heterocycles. The van der Waals surface area contributed by atoms with E-state index in [1.165, 1.54) is 123 Å². The highest BCUT2D eigenvalue weighted by molar-refractivity contribution is 6.94. The fourth-order valence-corrected chi connectivity index (χ4v) is 15.0. The zero-order chi connectivity index (χ0) is 55.0. The van der Waals surface area contributed by atoms with E-state index in [9.17, 15) is 0 Å². The number of nitrogens with zero attached hydrogens (tertiary/aromatic N) is 3. The van der Waals surface area contributed by atoms with E-state index in [0.717, 1.165) is 17.1 Å². The van der Waals surface area contributed by atoms with Crippen LogP contribution in [0.3, 0.4) is 0 Å². The molecular weight excluding hydrogens is 966 g/mol. The first-order valence-corrected chi connectivity index (χ1v) is 29.0. The zero-order valence-corrected chi connectivity index (χ0v) is 48.1. The molecule has 3 nitrogen and oxygen atoms in total. The molecule has 0 N–H and O–H groups in total. The molecule has 0 radical (unpaired) electrons. The molecule has 1 spiro atoms. The number of hydrogen-bond donors (Lipinski definition) is 0. The molecule has 0 saturated heterocycles. The first-order chi connectivity index (χ1) is 38.4. The van der Waals surface area contributed by atoms with Crippen LogP contribution in [0.5, 0.6) is 0 Å². The van der Waals surface area contributed by atoms with Crippen LogP contribution in [-0.2, 0) is 27.1 Å². The maximum absolute atomic E-state index is 2.73. The van der Waals surface area contributed by atoms with Crippen molar-refractivity contribution in [3.8, 4) is 33.4 Å². The normalized spacial score (nSPS) is 15.3. The summed E-state index contributed by atoms with van der Waals surface area (Å²) in [6.07, 6.45) is 0. The Labute approximate surface area is 474 Å². The van der Waals surface area contributed by atoms with Crippen molar-refractivity contribution in [1.29, 1.82) is 0 Å². The highest BCUT2D eigenvalue weighted by Crippen LogP contribution is 2.65. The molecule has 4 heteroatoms. The Hall–Kier alpha value is -8.34. The third-order valence-corrected chi connectivity index (χ3v) is 18.9. The Morgan fingerprint density at radius 2 is 0.863 bits per heavy atom. The van der Waals surface area contributed by atoms with Gasteiger partial charge in [0.05, 0.1) is 11.1 Å². The minimum atomic E-state index is -0.553. The van der Waals surface area contributed by atoms with Gasteiger partial charge >= 0.3 is 6.85 Å². The van der Waals surface area contributed by atoms with Gasteiger partial charge in [-0.15, -0.1) is 0 Å². The fraction of sp³-hybridized carbons (Fsp3) is 0.211. The van der Waals surface area contributed by atoms with Gasteiger partial charge in [-0.25, -0.2) is 0 Å². The summed E-state index contributed by atoms with van der Waals surface area (Å²) >= 11 is 0. The van der Waals surface area contributed by atoms with Crippen molar-refractivity contribution in [3.05, 3.63) is 262 Å². The summed E-state index contributed by atoms with van der Waals surface area (Å²) in [6, 6.07) is 82.5. The van der Waals surface area contributed by atoms with Gasteiger partial charge in [-0.3, -0.25) is 0 Å². The Morgan fingerprint density at radius 1 is 0.375 bits per heavy atom. The molecule has 15 rings (SSSR count). The molecular formula is C76H68BN3. The van der Waals surface area contributed by atoms with Gasteiger partial charge in [0.1, 0.15) is 0 Å². The lowest BCUT2D eigenvalue weighted by Gasteiger charge is -2.52. The minimum absolute atomic E-state index is 0.0168. The van der Waals surface area contributed by atoms with E-state index in [1.54, 1.807) is 0 Å². The molecule has 80 heavy (non-hydrogen) atoms. The second-order valence-electron chi connectivity index (χ2n) is 26.9. The van der Waals surface area contributed by atoms with Crippen LogP contribution < -0.4 is 25.5 Å². The third-order valence-electron chi connectivity index (χ3n) is 18.9. The van der Waals surface area contributed by atoms with Crippen molar-refractivity contribution < 1.29 is 0 Å². The van der Waals surface area contributed by atoms with Crippen molar-refractivity contribution in [2.24, 2.45) is 0 Å². The topological polar surface area (TPSA) is 9.72 Å². The van der Waals surface area contributed by atoms with Crippen molar-refractivity contribution in [1.82, 2.24) is 0 Å². The van der Waals surface area contributed by atoms with E-state index in [4.69, 9.17) is 0 Å². The second kappa shape index (κ2) is 16.6. The van der Waals surface area contributed by atoms with Crippen LogP contribution in [0.2, 0.25) is 0 Å². The number of rotatable bonds is 4. The number of anilines is 8. The number of para-hydroxylation sites is 2. The summed E-state index contributed by atoms with van der Waals surface area (Å²) in [6.45, 7) is 25.5. The van der Waals surface area contributed by atoms with Gasteiger partial charge in [0.25, 0.3) is 0 Å². The van der Waals surface area contributed by atoms with Crippen LogP contribution >= 0.6 is 0 Å². The van der Waals surface area contributed by atoms with Gasteiger partial charge in [0.15, 0.2) is 0 Å². The Morgan fingerprint density at radius 3 is 1.44 bits per heavy atom. The average Bonchev–Trinajstić information content (AvgIpc) is 1.62. The van der Waals surface area contributed by atoms with Crippen LogP contribution in [0.1, 0.15) is 126 Å². The SMILES string of the molecule is CC(C)(C)c1ccc(N2B3c4cccc5c4N(c4ccccc4C54c5ccccc5-c5ccccc54)c4cc5c(c(c43)-c3ccc(N(c4ccc(C(C)(C)C)cc4)c4ccc(C(C)(C)C)cc4)cc32)-c2ccccc2C5(C)C)cc1. The van der Waals surface area contributed by atoms with Crippen LogP contribution in [0.15, 0.2) is 212 Å². The molecule has 5 aliphatic rings. The first kappa shape index (κ1) is 48.8. The maximum Gasteiger partial charge on any atom is 0.333 e. The number of hydrogen-bond acceptors (Lipinski definition) is 3. The molecule has 0 amide bonds. The van der Waals surface area contributed by atoms with Gasteiger partial charge < -0.3 is 14.6 Å². The highest BCUT2D eigenvalue weighted by Gasteiger charge is 2.57. The molecule has 10 aromatic rings. The summed E-state index contributed by atoms with van der Waals surface area (Å²) in [5.74, 6) is 0. The lowest BCUT2D eigenvalue weighted by molar-refractivity contribution is 0.590. The van der Waals surface area contributed by atoms with E-state index in [2.05, 4.69) is 303 Å². The van der Waals surface area contributed by atoms with Crippen molar-refractivity contribution in [2.75, 3.05) is 14.6 Å². The number of benzene rings is 10. The predicted octanol–water partition coefficient (Wildman–Crippen LogP) is 18.7. The van der Waals surface area contributed by atoms with Crippen molar-refractivity contribution in [3.63, 3.8) is 0 Å². The fourth-order valence-electron chi connectivity index (χ4n) is 15.0. The van der Waals surface area contributed by atoms with Gasteiger partial charge in [0, 0.05) is 50.8 Å². The Bertz CT molecular complexity index is 4110. The Kier molecular flexibility index (Phi) is 10.1. The highest BCUT2D eigenvalue weighted by atomic mass is 15.2. The molecule has 0 unspecified atom stereocenters. The smallest absolute Gasteiger partial charge is 0.333 e. The lowest BCUT2D eigenvalue weighted by atomic mass is 9.42. The van der Waals surface area contributed by atoms with E-state index in [-0.39, 0.29) is 28.5 Å². The molecule has 0 bridgehead atoms. The first-order valence-electron chi connectivity index (χ1n) is 29.0. The molecule has 0 fully saturated rings. The minimum Gasteiger partial charge on any atom is -0.376 e. The molecule has 390 valence electrons. The predicted molar refractivity (Wildman–Crippen MR) is 339 cm³/mol. The van der Waals surface area contributed by atoms with Gasteiger partial charge in [0.2, 0.25) is 0 Å². The van der Waals surface area contributed by atoms with E-state index >= 15 is 0 Å². The average molecular weight is 1030 g/mol. The molecule has 10 aromatic carbocycles. The van der Waals surface area contributed by atoms with Crippen LogP contribution in [0, 0.1) is 0 Å². The molecule has 0 atom stereocenters. The molecule has 0 aromatic heterocycles. The quantitative estimate of drug-likeness (QED) is 0.163. The largest absolute Gasteiger partial charge is 0.376 e. The monoisotopic (exact) mass is 1030 g/mol. The van der Waals surface area contributed by atoms with E-state index < -0.39 is 5.41 Å². The summed E-state index contributed by atoms with van der Waals surface area (Å²) < 4.78 is 0. The van der Waals surface area contributed by atoms with Crippen LogP contribution in [0.25, 0.3) is 33.4 Å². The Balaban J connectivity index is 1.07. The molecule has 0 saturated carbocycles. The summed E-state index contributed by atoms with van der Waals surface area (Å²) in [5, 5.41) is 0. The van der Waals surface area contributed by atoms with E-state index in [1.807, 2.05) is 0 Å². The van der Waals surface area contributed by atoms with Crippen LogP contribution in [-0.4, -0.2) is 6.85 Å². The summed E-state index contributed by atoms with van der Waals surface area (Å²) in [4.78, 5) is 7.92. The third kappa shape index (κ3) is 6.62. The van der Waals surface area contributed by atoms with Gasteiger partial charge in [-0.1, -0.05) is 228 Å².